The Labute approximate surface area is 112 Å². The summed E-state index contributed by atoms with van der Waals surface area (Å²) in [6, 6.07) is 0. The summed E-state index contributed by atoms with van der Waals surface area (Å²) in [7, 11) is 0. The molecule has 0 heterocycles. The van der Waals surface area contributed by atoms with Gasteiger partial charge in [-0.05, 0) is 36.7 Å². The average molecular weight is 248 g/mol. The zero-order valence-corrected chi connectivity index (χ0v) is 13.0. The van der Waals surface area contributed by atoms with E-state index in [1.54, 1.807) is 6.92 Å². The van der Waals surface area contributed by atoms with E-state index in [1.165, 1.54) is 11.1 Å². The number of rotatable bonds is 4. The second-order valence-corrected chi connectivity index (χ2v) is 6.60. The van der Waals surface area contributed by atoms with Crippen LogP contribution in [0.5, 0.6) is 0 Å². The lowest BCUT2D eigenvalue weighted by Gasteiger charge is -2.38. The van der Waals surface area contributed by atoms with Gasteiger partial charge in [0.05, 0.1) is 5.41 Å². The molecule has 0 aromatic heterocycles. The highest BCUT2D eigenvalue weighted by atomic mass is 16.1. The maximum absolute atomic E-state index is 12.2. The standard InChI is InChI=1S/C17H28O/c1-11(2)15-8-16(12(3)4)10-17(9-15,13(5)6)14(7)18/h8-9,11-13H,10H2,1-7H3. The van der Waals surface area contributed by atoms with Crippen LogP contribution >= 0.6 is 0 Å². The predicted octanol–water partition coefficient (Wildman–Crippen LogP) is 4.79. The van der Waals surface area contributed by atoms with Gasteiger partial charge in [-0.3, -0.25) is 4.79 Å². The van der Waals surface area contributed by atoms with Gasteiger partial charge in [0.25, 0.3) is 0 Å². The Morgan fingerprint density at radius 1 is 1.11 bits per heavy atom. The number of carbonyl (C=O) groups excluding carboxylic acids is 1. The zero-order valence-electron chi connectivity index (χ0n) is 13.0. The van der Waals surface area contributed by atoms with Crippen molar-refractivity contribution in [1.29, 1.82) is 0 Å². The summed E-state index contributed by atoms with van der Waals surface area (Å²) in [5.41, 5.74) is 2.47. The largest absolute Gasteiger partial charge is 0.299 e. The van der Waals surface area contributed by atoms with Gasteiger partial charge in [-0.1, -0.05) is 59.3 Å². The van der Waals surface area contributed by atoms with Gasteiger partial charge < -0.3 is 0 Å². The van der Waals surface area contributed by atoms with Gasteiger partial charge >= 0.3 is 0 Å². The molecule has 1 unspecified atom stereocenters. The van der Waals surface area contributed by atoms with E-state index in [9.17, 15) is 4.79 Å². The number of ketones is 1. The smallest absolute Gasteiger partial charge is 0.140 e. The van der Waals surface area contributed by atoms with E-state index in [1.807, 2.05) is 0 Å². The molecule has 1 aliphatic rings. The lowest BCUT2D eigenvalue weighted by atomic mass is 9.64. The van der Waals surface area contributed by atoms with E-state index in [0.29, 0.717) is 23.5 Å². The third kappa shape index (κ3) is 2.76. The maximum Gasteiger partial charge on any atom is 0.140 e. The molecule has 102 valence electrons. The Kier molecular flexibility index (Phi) is 4.58. The number of Topliss-reactive ketones (excluding diaryl/α,β-unsaturated/α-hetero) is 1. The summed E-state index contributed by atoms with van der Waals surface area (Å²) in [5, 5.41) is 0. The van der Waals surface area contributed by atoms with Gasteiger partial charge in [-0.2, -0.15) is 0 Å². The van der Waals surface area contributed by atoms with Crippen molar-refractivity contribution in [3.63, 3.8) is 0 Å². The fourth-order valence-electron chi connectivity index (χ4n) is 2.70. The van der Waals surface area contributed by atoms with Gasteiger partial charge in [0.1, 0.15) is 5.78 Å². The van der Waals surface area contributed by atoms with Crippen LogP contribution in [-0.4, -0.2) is 5.78 Å². The molecule has 1 aliphatic carbocycles. The van der Waals surface area contributed by atoms with Gasteiger partial charge in [-0.15, -0.1) is 0 Å². The molecule has 0 saturated carbocycles. The Morgan fingerprint density at radius 3 is 2.00 bits per heavy atom. The monoisotopic (exact) mass is 248 g/mol. The fourth-order valence-corrected chi connectivity index (χ4v) is 2.70. The van der Waals surface area contributed by atoms with Crippen molar-refractivity contribution in [1.82, 2.24) is 0 Å². The van der Waals surface area contributed by atoms with Crippen LogP contribution in [0.15, 0.2) is 23.3 Å². The van der Waals surface area contributed by atoms with Crippen molar-refractivity contribution in [2.45, 2.75) is 54.9 Å². The number of hydrogen-bond donors (Lipinski definition) is 0. The van der Waals surface area contributed by atoms with E-state index < -0.39 is 0 Å². The summed E-state index contributed by atoms with van der Waals surface area (Å²) in [5.74, 6) is 1.66. The van der Waals surface area contributed by atoms with Crippen molar-refractivity contribution < 1.29 is 4.79 Å². The molecule has 0 radical (unpaired) electrons. The lowest BCUT2D eigenvalue weighted by Crippen LogP contribution is -2.36. The van der Waals surface area contributed by atoms with Crippen LogP contribution in [0.2, 0.25) is 0 Å². The van der Waals surface area contributed by atoms with Gasteiger partial charge in [-0.25, -0.2) is 0 Å². The SMILES string of the molecule is CC(=O)C1(C(C)C)C=C(C(C)C)C=C(C(C)C)C1. The third-order valence-electron chi connectivity index (χ3n) is 4.37. The first kappa shape index (κ1) is 15.2. The van der Waals surface area contributed by atoms with Crippen LogP contribution in [0.3, 0.4) is 0 Å². The first-order valence-corrected chi connectivity index (χ1v) is 7.15. The normalized spacial score (nSPS) is 24.6. The van der Waals surface area contributed by atoms with Crippen molar-refractivity contribution in [3.8, 4) is 0 Å². The quantitative estimate of drug-likeness (QED) is 0.699. The summed E-state index contributed by atoms with van der Waals surface area (Å²) < 4.78 is 0. The number of allylic oxidation sites excluding steroid dienone is 4. The highest BCUT2D eigenvalue weighted by Gasteiger charge is 2.40. The minimum atomic E-state index is -0.284. The molecule has 0 aromatic carbocycles. The molecule has 0 amide bonds. The second kappa shape index (κ2) is 5.42. The molecule has 1 atom stereocenters. The zero-order chi connectivity index (χ0) is 14.1. The molecular formula is C17H28O. The van der Waals surface area contributed by atoms with Crippen LogP contribution in [0.1, 0.15) is 54.9 Å². The molecule has 0 saturated heterocycles. The molecule has 18 heavy (non-hydrogen) atoms. The number of hydrogen-bond acceptors (Lipinski definition) is 1. The summed E-state index contributed by atoms with van der Waals surface area (Å²) in [4.78, 5) is 12.2. The molecule has 1 rings (SSSR count). The molecule has 0 N–H and O–H groups in total. The summed E-state index contributed by atoms with van der Waals surface area (Å²) >= 11 is 0. The minimum Gasteiger partial charge on any atom is -0.299 e. The number of carbonyl (C=O) groups is 1. The summed E-state index contributed by atoms with van der Waals surface area (Å²) in [6.45, 7) is 14.9. The average Bonchev–Trinajstić information content (AvgIpc) is 2.27. The van der Waals surface area contributed by atoms with Crippen LogP contribution in [0.4, 0.5) is 0 Å². The van der Waals surface area contributed by atoms with Crippen LogP contribution in [0, 0.1) is 23.2 Å². The predicted molar refractivity (Wildman–Crippen MR) is 78.4 cm³/mol. The van der Waals surface area contributed by atoms with Crippen LogP contribution in [-0.2, 0) is 4.79 Å². The second-order valence-electron chi connectivity index (χ2n) is 6.60. The van der Waals surface area contributed by atoms with Crippen LogP contribution < -0.4 is 0 Å². The first-order chi connectivity index (χ1) is 8.20. The maximum atomic E-state index is 12.2. The Balaban J connectivity index is 3.32. The first-order valence-electron chi connectivity index (χ1n) is 7.15. The van der Waals surface area contributed by atoms with E-state index in [0.717, 1.165) is 6.42 Å². The van der Waals surface area contributed by atoms with E-state index in [4.69, 9.17) is 0 Å². The third-order valence-corrected chi connectivity index (χ3v) is 4.37. The lowest BCUT2D eigenvalue weighted by molar-refractivity contribution is -0.126. The molecule has 0 aromatic rings. The molecule has 1 nitrogen and oxygen atoms in total. The molecule has 0 aliphatic heterocycles. The van der Waals surface area contributed by atoms with Gasteiger partial charge in [0.15, 0.2) is 0 Å². The van der Waals surface area contributed by atoms with Crippen molar-refractivity contribution in [2.75, 3.05) is 0 Å². The Morgan fingerprint density at radius 2 is 1.67 bits per heavy atom. The molecule has 0 fully saturated rings. The molecule has 1 heteroatoms. The Hall–Kier alpha value is -0.850. The Bertz CT molecular complexity index is 382. The fraction of sp³-hybridized carbons (Fsp3) is 0.706. The highest BCUT2D eigenvalue weighted by molar-refractivity contribution is 5.85. The van der Waals surface area contributed by atoms with E-state index >= 15 is 0 Å². The minimum absolute atomic E-state index is 0.284. The van der Waals surface area contributed by atoms with Gasteiger partial charge in [0, 0.05) is 0 Å². The highest BCUT2D eigenvalue weighted by Crippen LogP contribution is 2.44. The molecular weight excluding hydrogens is 220 g/mol. The molecule has 0 spiro atoms. The van der Waals surface area contributed by atoms with Crippen LogP contribution in [0.25, 0.3) is 0 Å². The topological polar surface area (TPSA) is 17.1 Å². The van der Waals surface area contributed by atoms with Crippen molar-refractivity contribution >= 4 is 5.78 Å². The van der Waals surface area contributed by atoms with E-state index in [-0.39, 0.29) is 5.41 Å². The van der Waals surface area contributed by atoms with E-state index in [2.05, 4.69) is 53.7 Å². The van der Waals surface area contributed by atoms with Gasteiger partial charge in [0.2, 0.25) is 0 Å². The van der Waals surface area contributed by atoms with Crippen molar-refractivity contribution in [3.05, 3.63) is 23.3 Å². The van der Waals surface area contributed by atoms with Crippen molar-refractivity contribution in [2.24, 2.45) is 23.2 Å². The summed E-state index contributed by atoms with van der Waals surface area (Å²) in [6.07, 6.45) is 5.46. The molecule has 0 bridgehead atoms.